The summed E-state index contributed by atoms with van der Waals surface area (Å²) in [5.74, 6) is 1.64. The molecule has 0 bridgehead atoms. The molecule has 0 aliphatic carbocycles. The minimum atomic E-state index is -3.86. The Morgan fingerprint density at radius 3 is 2.43 bits per heavy atom. The number of para-hydroxylation sites is 2. The summed E-state index contributed by atoms with van der Waals surface area (Å²) >= 11 is 0. The summed E-state index contributed by atoms with van der Waals surface area (Å²) in [4.78, 5) is 4.83. The number of aryl methyl sites for hydroxylation is 1. The second-order valence-corrected chi connectivity index (χ2v) is 8.66. The molecule has 0 spiro atoms. The molecule has 0 fully saturated rings. The molecular weight excluding hydrogens is 402 g/mol. The van der Waals surface area contributed by atoms with E-state index in [0.717, 1.165) is 24.2 Å². The van der Waals surface area contributed by atoms with E-state index in [4.69, 9.17) is 4.74 Å². The van der Waals surface area contributed by atoms with Crippen molar-refractivity contribution in [3.05, 3.63) is 54.4 Å². The summed E-state index contributed by atoms with van der Waals surface area (Å²) in [6.07, 6.45) is 1.63. The predicted octanol–water partition coefficient (Wildman–Crippen LogP) is 3.45. The molecule has 0 saturated carbocycles. The van der Waals surface area contributed by atoms with Gasteiger partial charge in [0.05, 0.1) is 23.0 Å². The molecule has 2 aromatic carbocycles. The van der Waals surface area contributed by atoms with Gasteiger partial charge in [-0.1, -0.05) is 19.1 Å². The van der Waals surface area contributed by atoms with Crippen LogP contribution in [0.4, 0.5) is 5.82 Å². The minimum Gasteiger partial charge on any atom is -0.497 e. The van der Waals surface area contributed by atoms with Gasteiger partial charge in [0, 0.05) is 13.0 Å². The van der Waals surface area contributed by atoms with Gasteiger partial charge in [-0.3, -0.25) is 4.40 Å². The number of ether oxygens (including phenoxy) is 1. The average molecular weight is 426 g/mol. The van der Waals surface area contributed by atoms with Gasteiger partial charge in [-0.2, -0.15) is 0 Å². The average Bonchev–Trinajstić information content (AvgIpc) is 3.19. The maximum Gasteiger partial charge on any atom is 0.265 e. The fourth-order valence-electron chi connectivity index (χ4n) is 3.49. The summed E-state index contributed by atoms with van der Waals surface area (Å²) in [6, 6.07) is 13.9. The molecule has 2 aromatic heterocycles. The van der Waals surface area contributed by atoms with Crippen molar-refractivity contribution in [2.24, 2.45) is 0 Å². The molecule has 8 nitrogen and oxygen atoms in total. The summed E-state index contributed by atoms with van der Waals surface area (Å²) in [5, 5.41) is 8.64. The van der Waals surface area contributed by atoms with E-state index in [1.165, 1.54) is 23.5 Å². The van der Waals surface area contributed by atoms with Gasteiger partial charge >= 0.3 is 0 Å². The number of hydrogen-bond acceptors (Lipinski definition) is 6. The number of methoxy groups -OCH3 is 1. The van der Waals surface area contributed by atoms with Gasteiger partial charge in [0.25, 0.3) is 10.0 Å². The number of fused-ring (bicyclic) bond motifs is 3. The topological polar surface area (TPSA) is 89.7 Å². The van der Waals surface area contributed by atoms with Crippen molar-refractivity contribution in [1.29, 1.82) is 0 Å². The van der Waals surface area contributed by atoms with Crippen LogP contribution in [0.1, 0.15) is 26.1 Å². The predicted molar refractivity (Wildman–Crippen MR) is 115 cm³/mol. The van der Waals surface area contributed by atoms with Crippen molar-refractivity contribution in [1.82, 2.24) is 19.6 Å². The third-order valence-corrected chi connectivity index (χ3v) is 6.80. The zero-order valence-electron chi connectivity index (χ0n) is 17.1. The van der Waals surface area contributed by atoms with Gasteiger partial charge in [0.15, 0.2) is 5.82 Å². The lowest BCUT2D eigenvalue weighted by molar-refractivity contribution is 0.414. The van der Waals surface area contributed by atoms with Crippen LogP contribution in [0.3, 0.4) is 0 Å². The Bertz CT molecular complexity index is 1300. The van der Waals surface area contributed by atoms with Crippen LogP contribution < -0.4 is 9.04 Å². The van der Waals surface area contributed by atoms with E-state index in [9.17, 15) is 8.42 Å². The molecule has 4 rings (SSSR count). The highest BCUT2D eigenvalue weighted by Gasteiger charge is 2.28. The van der Waals surface area contributed by atoms with E-state index >= 15 is 0 Å². The first kappa shape index (κ1) is 20.1. The van der Waals surface area contributed by atoms with Crippen molar-refractivity contribution < 1.29 is 13.2 Å². The number of rotatable bonds is 7. The number of hydrogen-bond donors (Lipinski definition) is 0. The molecule has 0 saturated heterocycles. The molecule has 9 heteroatoms. The second kappa shape index (κ2) is 7.91. The standard InChI is InChI=1S/C21H23N5O3S/c1-4-8-19-23-24-21-20(22-17-9-6-7-10-18(17)26(19)21)25(5-2)30(27,28)16-13-11-15(29-3)12-14-16/h6-7,9-14H,4-5,8H2,1-3H3. The Balaban J connectivity index is 1.95. The number of benzene rings is 2. The van der Waals surface area contributed by atoms with Gasteiger partial charge in [0.2, 0.25) is 5.65 Å². The third kappa shape index (κ3) is 3.24. The number of aromatic nitrogens is 4. The van der Waals surface area contributed by atoms with Crippen molar-refractivity contribution in [3.63, 3.8) is 0 Å². The summed E-state index contributed by atoms with van der Waals surface area (Å²) < 4.78 is 35.3. The Hall–Kier alpha value is -3.20. The van der Waals surface area contributed by atoms with E-state index in [1.807, 2.05) is 28.7 Å². The zero-order chi connectivity index (χ0) is 21.3. The summed E-state index contributed by atoms with van der Waals surface area (Å²) in [7, 11) is -2.32. The van der Waals surface area contributed by atoms with Crippen LogP contribution in [0.5, 0.6) is 5.75 Å². The lowest BCUT2D eigenvalue weighted by atomic mass is 10.2. The highest BCUT2D eigenvalue weighted by molar-refractivity contribution is 7.92. The Kier molecular flexibility index (Phi) is 5.29. The monoisotopic (exact) mass is 425 g/mol. The lowest BCUT2D eigenvalue weighted by Crippen LogP contribution is -2.32. The van der Waals surface area contributed by atoms with E-state index in [0.29, 0.717) is 16.9 Å². The van der Waals surface area contributed by atoms with Crippen molar-refractivity contribution in [3.8, 4) is 5.75 Å². The molecule has 30 heavy (non-hydrogen) atoms. The zero-order valence-corrected chi connectivity index (χ0v) is 17.9. The first-order valence-corrected chi connectivity index (χ1v) is 11.2. The largest absolute Gasteiger partial charge is 0.497 e. The van der Waals surface area contributed by atoms with Crippen molar-refractivity contribution >= 4 is 32.5 Å². The Labute approximate surface area is 175 Å². The van der Waals surface area contributed by atoms with Gasteiger partial charge in [-0.25, -0.2) is 17.7 Å². The van der Waals surface area contributed by atoms with Crippen molar-refractivity contribution in [2.45, 2.75) is 31.6 Å². The quantitative estimate of drug-likeness (QED) is 0.450. The van der Waals surface area contributed by atoms with E-state index in [2.05, 4.69) is 22.1 Å². The molecule has 0 aliphatic rings. The first-order valence-electron chi connectivity index (χ1n) is 9.80. The van der Waals surface area contributed by atoms with E-state index < -0.39 is 10.0 Å². The maximum atomic E-state index is 13.5. The molecule has 0 unspecified atom stereocenters. The second-order valence-electron chi connectivity index (χ2n) is 6.79. The van der Waals surface area contributed by atoms with Crippen LogP contribution in [0.15, 0.2) is 53.4 Å². The first-order chi connectivity index (χ1) is 14.5. The Morgan fingerprint density at radius 2 is 1.77 bits per heavy atom. The van der Waals surface area contributed by atoms with Gasteiger partial charge < -0.3 is 4.74 Å². The molecule has 0 N–H and O–H groups in total. The van der Waals surface area contributed by atoms with Crippen molar-refractivity contribution in [2.75, 3.05) is 18.0 Å². The summed E-state index contributed by atoms with van der Waals surface area (Å²) in [6.45, 7) is 4.04. The molecule has 4 aromatic rings. The van der Waals surface area contributed by atoms with Crippen LogP contribution in [0.25, 0.3) is 16.7 Å². The fraction of sp³-hybridized carbons (Fsp3) is 0.286. The molecule has 0 amide bonds. The molecule has 0 atom stereocenters. The van der Waals surface area contributed by atoms with Crippen LogP contribution in [-0.2, 0) is 16.4 Å². The van der Waals surface area contributed by atoms with Crippen LogP contribution in [-0.4, -0.2) is 41.7 Å². The highest BCUT2D eigenvalue weighted by Crippen LogP contribution is 2.29. The van der Waals surface area contributed by atoms with Gasteiger partial charge in [-0.15, -0.1) is 10.2 Å². The molecule has 0 aliphatic heterocycles. The van der Waals surface area contributed by atoms with Crippen LogP contribution >= 0.6 is 0 Å². The van der Waals surface area contributed by atoms with Gasteiger partial charge in [0.1, 0.15) is 11.6 Å². The smallest absolute Gasteiger partial charge is 0.265 e. The summed E-state index contributed by atoms with van der Waals surface area (Å²) in [5.41, 5.74) is 1.96. The van der Waals surface area contributed by atoms with E-state index in [-0.39, 0.29) is 17.3 Å². The third-order valence-electron chi connectivity index (χ3n) is 4.92. The molecule has 0 radical (unpaired) electrons. The highest BCUT2D eigenvalue weighted by atomic mass is 32.2. The molecular formula is C21H23N5O3S. The lowest BCUT2D eigenvalue weighted by Gasteiger charge is -2.22. The van der Waals surface area contributed by atoms with Crippen LogP contribution in [0.2, 0.25) is 0 Å². The maximum absolute atomic E-state index is 13.5. The fourth-order valence-corrected chi connectivity index (χ4v) is 4.91. The Morgan fingerprint density at radius 1 is 1.03 bits per heavy atom. The number of sulfonamides is 1. The number of anilines is 1. The minimum absolute atomic E-state index is 0.159. The van der Waals surface area contributed by atoms with Gasteiger partial charge in [-0.05, 0) is 49.7 Å². The molecule has 156 valence electrons. The number of nitrogens with zero attached hydrogens (tertiary/aromatic N) is 5. The van der Waals surface area contributed by atoms with E-state index in [1.54, 1.807) is 19.1 Å². The molecule has 2 heterocycles. The normalized spacial score (nSPS) is 11.8. The van der Waals surface area contributed by atoms with Crippen LogP contribution in [0, 0.1) is 0 Å². The SMILES string of the molecule is CCCc1nnc2c(N(CC)S(=O)(=O)c3ccc(OC)cc3)nc3ccccc3n12.